The summed E-state index contributed by atoms with van der Waals surface area (Å²) in [6.45, 7) is 6.92. The average molecular weight is 365 g/mol. The van der Waals surface area contributed by atoms with Crippen LogP contribution in [0.3, 0.4) is 0 Å². The molecule has 1 unspecified atom stereocenters. The van der Waals surface area contributed by atoms with Gasteiger partial charge in [-0.05, 0) is 44.2 Å². The molecule has 6 heteroatoms. The molecule has 142 valence electrons. The van der Waals surface area contributed by atoms with Crippen molar-refractivity contribution >= 4 is 23.1 Å². The highest BCUT2D eigenvalue weighted by Crippen LogP contribution is 2.29. The monoisotopic (exact) mass is 365 g/mol. The van der Waals surface area contributed by atoms with Gasteiger partial charge in [0.25, 0.3) is 0 Å². The molecule has 1 amide bonds. The van der Waals surface area contributed by atoms with E-state index in [-0.39, 0.29) is 11.9 Å². The highest BCUT2D eigenvalue weighted by atomic mass is 16.2. The van der Waals surface area contributed by atoms with Gasteiger partial charge in [0.05, 0.1) is 11.9 Å². The SMILES string of the molecule is CC(C(=O)Nc1ccc(N2CCN(C)CC2)nc1)N1CCc2ccccc21. The van der Waals surface area contributed by atoms with Crippen molar-refractivity contribution in [3.8, 4) is 0 Å². The maximum Gasteiger partial charge on any atom is 0.246 e. The maximum atomic E-state index is 12.7. The number of fused-ring (bicyclic) bond motifs is 1. The van der Waals surface area contributed by atoms with Gasteiger partial charge in [0.2, 0.25) is 5.91 Å². The normalized spacial score (nSPS) is 18.3. The molecule has 1 fully saturated rings. The van der Waals surface area contributed by atoms with Crippen LogP contribution < -0.4 is 15.1 Å². The average Bonchev–Trinajstić information content (AvgIpc) is 3.13. The Hall–Kier alpha value is -2.60. The lowest BCUT2D eigenvalue weighted by atomic mass is 10.1. The van der Waals surface area contributed by atoms with Gasteiger partial charge in [-0.25, -0.2) is 4.98 Å². The molecule has 2 aromatic rings. The van der Waals surface area contributed by atoms with E-state index >= 15 is 0 Å². The van der Waals surface area contributed by atoms with Crippen LogP contribution in [0.25, 0.3) is 0 Å². The standard InChI is InChI=1S/C21H27N5O/c1-16(26-10-9-17-5-3-4-6-19(17)26)21(27)23-18-7-8-20(22-15-18)25-13-11-24(2)12-14-25/h3-8,15-16H,9-14H2,1-2H3,(H,23,27). The Balaban J connectivity index is 1.38. The van der Waals surface area contributed by atoms with Crippen molar-refractivity contribution in [2.45, 2.75) is 19.4 Å². The second-order valence-corrected chi connectivity index (χ2v) is 7.43. The lowest BCUT2D eigenvalue weighted by molar-refractivity contribution is -0.117. The van der Waals surface area contributed by atoms with Gasteiger partial charge in [0, 0.05) is 38.4 Å². The molecule has 0 radical (unpaired) electrons. The molecule has 1 aromatic heterocycles. The summed E-state index contributed by atoms with van der Waals surface area (Å²) in [4.78, 5) is 24.1. The molecule has 0 bridgehead atoms. The number of carbonyl (C=O) groups is 1. The fourth-order valence-corrected chi connectivity index (χ4v) is 3.84. The number of likely N-dealkylation sites (N-methyl/N-ethyl adjacent to an activating group) is 1. The smallest absolute Gasteiger partial charge is 0.246 e. The van der Waals surface area contributed by atoms with Gasteiger partial charge in [-0.1, -0.05) is 18.2 Å². The first-order chi connectivity index (χ1) is 13.1. The van der Waals surface area contributed by atoms with Crippen molar-refractivity contribution in [3.63, 3.8) is 0 Å². The first-order valence-electron chi connectivity index (χ1n) is 9.67. The van der Waals surface area contributed by atoms with E-state index in [2.05, 4.69) is 50.2 Å². The third kappa shape index (κ3) is 3.76. The Morgan fingerprint density at radius 3 is 2.59 bits per heavy atom. The molecule has 0 saturated carbocycles. The number of pyridine rings is 1. The number of aromatic nitrogens is 1. The number of hydrogen-bond donors (Lipinski definition) is 1. The molecule has 1 atom stereocenters. The highest BCUT2D eigenvalue weighted by molar-refractivity contribution is 5.97. The van der Waals surface area contributed by atoms with Crippen molar-refractivity contribution in [3.05, 3.63) is 48.2 Å². The van der Waals surface area contributed by atoms with Crippen molar-refractivity contribution in [1.29, 1.82) is 0 Å². The third-order valence-corrected chi connectivity index (χ3v) is 5.61. The van der Waals surface area contributed by atoms with Gasteiger partial charge in [0.1, 0.15) is 11.9 Å². The Labute approximate surface area is 160 Å². The van der Waals surface area contributed by atoms with Gasteiger partial charge in [-0.3, -0.25) is 4.79 Å². The summed E-state index contributed by atoms with van der Waals surface area (Å²) in [6, 6.07) is 12.1. The molecular weight excluding hydrogens is 338 g/mol. The van der Waals surface area contributed by atoms with Gasteiger partial charge >= 0.3 is 0 Å². The summed E-state index contributed by atoms with van der Waals surface area (Å²) in [6.07, 6.45) is 2.76. The van der Waals surface area contributed by atoms with Gasteiger partial charge in [0.15, 0.2) is 0 Å². The van der Waals surface area contributed by atoms with Crippen LogP contribution in [-0.4, -0.2) is 61.6 Å². The summed E-state index contributed by atoms with van der Waals surface area (Å²) < 4.78 is 0. The fraction of sp³-hybridized carbons (Fsp3) is 0.429. The van der Waals surface area contributed by atoms with Crippen LogP contribution in [-0.2, 0) is 11.2 Å². The first kappa shape index (κ1) is 17.8. The molecule has 27 heavy (non-hydrogen) atoms. The summed E-state index contributed by atoms with van der Waals surface area (Å²) >= 11 is 0. The van der Waals surface area contributed by atoms with Crippen LogP contribution in [0.5, 0.6) is 0 Å². The quantitative estimate of drug-likeness (QED) is 0.900. The third-order valence-electron chi connectivity index (χ3n) is 5.61. The van der Waals surface area contributed by atoms with Gasteiger partial charge in [-0.2, -0.15) is 0 Å². The van der Waals surface area contributed by atoms with Crippen LogP contribution in [0.4, 0.5) is 17.2 Å². The number of hydrogen-bond acceptors (Lipinski definition) is 5. The molecule has 2 aliphatic rings. The van der Waals surface area contributed by atoms with Gasteiger partial charge < -0.3 is 20.0 Å². The molecular formula is C21H27N5O. The van der Waals surface area contributed by atoms with E-state index in [1.54, 1.807) is 6.20 Å². The largest absolute Gasteiger partial charge is 0.359 e. The lowest BCUT2D eigenvalue weighted by Gasteiger charge is -2.33. The predicted octanol–water partition coefficient (Wildman–Crippen LogP) is 2.22. The Morgan fingerprint density at radius 1 is 1.07 bits per heavy atom. The van der Waals surface area contributed by atoms with Crippen LogP contribution in [0.15, 0.2) is 42.6 Å². The van der Waals surface area contributed by atoms with Crippen molar-refractivity contribution in [2.75, 3.05) is 54.9 Å². The number of anilines is 3. The number of nitrogens with zero attached hydrogens (tertiary/aromatic N) is 4. The number of rotatable bonds is 4. The van der Waals surface area contributed by atoms with Crippen LogP contribution >= 0.6 is 0 Å². The summed E-state index contributed by atoms with van der Waals surface area (Å²) in [5.41, 5.74) is 3.23. The number of nitrogens with one attached hydrogen (secondary N) is 1. The van der Waals surface area contributed by atoms with Crippen molar-refractivity contribution in [2.24, 2.45) is 0 Å². The van der Waals surface area contributed by atoms with E-state index in [9.17, 15) is 4.79 Å². The number of carbonyl (C=O) groups excluding carboxylic acids is 1. The number of piperazine rings is 1. The van der Waals surface area contributed by atoms with E-state index in [1.807, 2.05) is 25.1 Å². The zero-order chi connectivity index (χ0) is 18.8. The van der Waals surface area contributed by atoms with E-state index in [1.165, 1.54) is 11.3 Å². The highest BCUT2D eigenvalue weighted by Gasteiger charge is 2.27. The molecule has 2 aliphatic heterocycles. The van der Waals surface area contributed by atoms with Crippen molar-refractivity contribution in [1.82, 2.24) is 9.88 Å². The molecule has 6 nitrogen and oxygen atoms in total. The molecule has 4 rings (SSSR count). The molecule has 1 N–H and O–H groups in total. The zero-order valence-corrected chi connectivity index (χ0v) is 16.1. The summed E-state index contributed by atoms with van der Waals surface area (Å²) in [5.74, 6) is 0.975. The number of benzene rings is 1. The van der Waals surface area contributed by atoms with Crippen LogP contribution in [0.1, 0.15) is 12.5 Å². The van der Waals surface area contributed by atoms with Crippen LogP contribution in [0.2, 0.25) is 0 Å². The first-order valence-corrected chi connectivity index (χ1v) is 9.67. The molecule has 3 heterocycles. The Bertz CT molecular complexity index is 798. The minimum Gasteiger partial charge on any atom is -0.359 e. The minimum absolute atomic E-state index is 0.000787. The molecule has 0 spiro atoms. The minimum atomic E-state index is -0.217. The number of amides is 1. The lowest BCUT2D eigenvalue weighted by Crippen LogP contribution is -2.44. The topological polar surface area (TPSA) is 51.7 Å². The van der Waals surface area contributed by atoms with Crippen LogP contribution in [0, 0.1) is 0 Å². The Kier molecular flexibility index (Phi) is 4.99. The second-order valence-electron chi connectivity index (χ2n) is 7.43. The molecule has 1 aromatic carbocycles. The molecule has 1 saturated heterocycles. The summed E-state index contributed by atoms with van der Waals surface area (Å²) in [5, 5.41) is 3.02. The number of para-hydroxylation sites is 1. The van der Waals surface area contributed by atoms with Crippen molar-refractivity contribution < 1.29 is 4.79 Å². The zero-order valence-electron chi connectivity index (χ0n) is 16.1. The Morgan fingerprint density at radius 2 is 1.85 bits per heavy atom. The fourth-order valence-electron chi connectivity index (χ4n) is 3.84. The maximum absolute atomic E-state index is 12.7. The molecule has 0 aliphatic carbocycles. The van der Waals surface area contributed by atoms with E-state index < -0.39 is 0 Å². The van der Waals surface area contributed by atoms with Gasteiger partial charge in [-0.15, -0.1) is 0 Å². The summed E-state index contributed by atoms with van der Waals surface area (Å²) in [7, 11) is 2.14. The van der Waals surface area contributed by atoms with E-state index in [0.717, 1.165) is 50.6 Å². The predicted molar refractivity (Wildman–Crippen MR) is 110 cm³/mol. The van der Waals surface area contributed by atoms with E-state index in [0.29, 0.717) is 0 Å². The second kappa shape index (κ2) is 7.56. The van der Waals surface area contributed by atoms with E-state index in [4.69, 9.17) is 0 Å².